The number of amides is 3. The normalized spacial score (nSPS) is 9.86. The van der Waals surface area contributed by atoms with Crippen LogP contribution in [0.2, 0.25) is 0 Å². The van der Waals surface area contributed by atoms with Crippen LogP contribution in [0.4, 0.5) is 16.2 Å². The van der Waals surface area contributed by atoms with Gasteiger partial charge in [0.2, 0.25) is 5.91 Å². The first-order valence-corrected chi connectivity index (χ1v) is 7.10. The molecule has 0 atom stereocenters. The van der Waals surface area contributed by atoms with E-state index in [0.29, 0.717) is 17.9 Å². The molecule has 0 aromatic heterocycles. The minimum atomic E-state index is -0.247. The first-order valence-electron chi connectivity index (χ1n) is 7.10. The Labute approximate surface area is 129 Å². The molecule has 0 heterocycles. The van der Waals surface area contributed by atoms with Gasteiger partial charge in [0.25, 0.3) is 0 Å². The Kier molecular flexibility index (Phi) is 5.54. The van der Waals surface area contributed by atoms with E-state index in [1.165, 1.54) is 12.5 Å². The molecular weight excluding hydrogens is 278 g/mol. The Balaban J connectivity index is 1.75. The summed E-state index contributed by atoms with van der Waals surface area (Å²) in [5.41, 5.74) is 2.55. The molecule has 0 bridgehead atoms. The molecule has 0 unspecified atom stereocenters. The maximum absolute atomic E-state index is 11.8. The van der Waals surface area contributed by atoms with Crippen molar-refractivity contribution >= 4 is 23.3 Å². The van der Waals surface area contributed by atoms with Crippen LogP contribution in [0.25, 0.3) is 0 Å². The van der Waals surface area contributed by atoms with Crippen molar-refractivity contribution in [2.24, 2.45) is 0 Å². The van der Waals surface area contributed by atoms with Crippen LogP contribution in [0.15, 0.2) is 54.6 Å². The second-order valence-electron chi connectivity index (χ2n) is 4.88. The number of urea groups is 1. The van der Waals surface area contributed by atoms with Crippen molar-refractivity contribution in [1.82, 2.24) is 5.32 Å². The fourth-order valence-corrected chi connectivity index (χ4v) is 1.98. The molecule has 5 nitrogen and oxygen atoms in total. The molecule has 0 aliphatic heterocycles. The molecule has 3 amide bonds. The van der Waals surface area contributed by atoms with E-state index in [4.69, 9.17) is 0 Å². The third-order valence-electron chi connectivity index (χ3n) is 3.01. The first kappa shape index (κ1) is 15.6. The van der Waals surface area contributed by atoms with Crippen LogP contribution in [0.5, 0.6) is 0 Å². The monoisotopic (exact) mass is 297 g/mol. The van der Waals surface area contributed by atoms with Crippen molar-refractivity contribution in [3.05, 3.63) is 60.2 Å². The molecule has 0 fully saturated rings. The Morgan fingerprint density at radius 3 is 2.05 bits per heavy atom. The second kappa shape index (κ2) is 7.83. The molecule has 2 aromatic rings. The standard InChI is InChI=1S/C17H19N3O2/c1-13(21)19-15-7-9-16(10-8-15)20-17(22)18-12-11-14-5-3-2-4-6-14/h2-10H,11-12H2,1H3,(H,19,21)(H2,18,20,22). The van der Waals surface area contributed by atoms with Gasteiger partial charge in [-0.25, -0.2) is 4.79 Å². The summed E-state index contributed by atoms with van der Waals surface area (Å²) in [6.07, 6.45) is 0.787. The molecule has 0 saturated heterocycles. The largest absolute Gasteiger partial charge is 0.338 e. The summed E-state index contributed by atoms with van der Waals surface area (Å²) in [7, 11) is 0. The van der Waals surface area contributed by atoms with E-state index in [1.807, 2.05) is 30.3 Å². The Bertz CT molecular complexity index is 624. The summed E-state index contributed by atoms with van der Waals surface area (Å²) in [6.45, 7) is 2.02. The van der Waals surface area contributed by atoms with Crippen LogP contribution >= 0.6 is 0 Å². The third-order valence-corrected chi connectivity index (χ3v) is 3.01. The number of carbonyl (C=O) groups is 2. The van der Waals surface area contributed by atoms with Gasteiger partial charge in [0, 0.05) is 24.8 Å². The van der Waals surface area contributed by atoms with Gasteiger partial charge in [-0.2, -0.15) is 0 Å². The minimum Gasteiger partial charge on any atom is -0.338 e. The van der Waals surface area contributed by atoms with Crippen molar-refractivity contribution in [2.45, 2.75) is 13.3 Å². The van der Waals surface area contributed by atoms with E-state index in [9.17, 15) is 9.59 Å². The molecule has 2 aromatic carbocycles. The van der Waals surface area contributed by atoms with Crippen LogP contribution < -0.4 is 16.0 Å². The van der Waals surface area contributed by atoms with Crippen LogP contribution in [-0.2, 0) is 11.2 Å². The van der Waals surface area contributed by atoms with Crippen molar-refractivity contribution in [3.63, 3.8) is 0 Å². The van der Waals surface area contributed by atoms with Crippen LogP contribution in [0, 0.1) is 0 Å². The van der Waals surface area contributed by atoms with Gasteiger partial charge < -0.3 is 16.0 Å². The SMILES string of the molecule is CC(=O)Nc1ccc(NC(=O)NCCc2ccccc2)cc1. The first-order chi connectivity index (χ1) is 10.6. The van der Waals surface area contributed by atoms with Gasteiger partial charge in [-0.1, -0.05) is 30.3 Å². The van der Waals surface area contributed by atoms with Crippen molar-refractivity contribution in [2.75, 3.05) is 17.2 Å². The number of benzene rings is 2. The quantitative estimate of drug-likeness (QED) is 0.794. The van der Waals surface area contributed by atoms with Gasteiger partial charge in [0.15, 0.2) is 0 Å². The molecule has 2 rings (SSSR count). The smallest absolute Gasteiger partial charge is 0.319 e. The molecule has 114 valence electrons. The Morgan fingerprint density at radius 2 is 1.45 bits per heavy atom. The number of hydrogen-bond donors (Lipinski definition) is 3. The fourth-order valence-electron chi connectivity index (χ4n) is 1.98. The minimum absolute atomic E-state index is 0.126. The molecule has 0 aliphatic carbocycles. The van der Waals surface area contributed by atoms with E-state index in [2.05, 4.69) is 16.0 Å². The van der Waals surface area contributed by atoms with Gasteiger partial charge >= 0.3 is 6.03 Å². The summed E-state index contributed by atoms with van der Waals surface area (Å²) < 4.78 is 0. The van der Waals surface area contributed by atoms with E-state index < -0.39 is 0 Å². The summed E-state index contributed by atoms with van der Waals surface area (Å²) in [4.78, 5) is 22.7. The summed E-state index contributed by atoms with van der Waals surface area (Å²) in [6, 6.07) is 16.7. The molecule has 0 aliphatic rings. The number of carbonyl (C=O) groups excluding carboxylic acids is 2. The number of anilines is 2. The highest BCUT2D eigenvalue weighted by Crippen LogP contribution is 2.13. The molecule has 22 heavy (non-hydrogen) atoms. The highest BCUT2D eigenvalue weighted by molar-refractivity contribution is 5.91. The van der Waals surface area contributed by atoms with E-state index >= 15 is 0 Å². The Morgan fingerprint density at radius 1 is 0.864 bits per heavy atom. The zero-order valence-electron chi connectivity index (χ0n) is 12.4. The summed E-state index contributed by atoms with van der Waals surface area (Å²) in [5.74, 6) is -0.126. The summed E-state index contributed by atoms with van der Waals surface area (Å²) >= 11 is 0. The number of hydrogen-bond acceptors (Lipinski definition) is 2. The number of nitrogens with one attached hydrogen (secondary N) is 3. The topological polar surface area (TPSA) is 70.2 Å². The lowest BCUT2D eigenvalue weighted by Gasteiger charge is -2.08. The molecule has 5 heteroatoms. The molecule has 0 radical (unpaired) electrons. The van der Waals surface area contributed by atoms with Crippen LogP contribution in [0.1, 0.15) is 12.5 Å². The average molecular weight is 297 g/mol. The maximum atomic E-state index is 11.8. The lowest BCUT2D eigenvalue weighted by atomic mass is 10.1. The molecule has 3 N–H and O–H groups in total. The van der Waals surface area contributed by atoms with Crippen molar-refractivity contribution in [3.8, 4) is 0 Å². The van der Waals surface area contributed by atoms with Gasteiger partial charge in [0.1, 0.15) is 0 Å². The summed E-state index contributed by atoms with van der Waals surface area (Å²) in [5, 5.41) is 8.22. The second-order valence-corrected chi connectivity index (χ2v) is 4.88. The highest BCUT2D eigenvalue weighted by Gasteiger charge is 2.02. The zero-order chi connectivity index (χ0) is 15.8. The van der Waals surface area contributed by atoms with Crippen LogP contribution in [0.3, 0.4) is 0 Å². The van der Waals surface area contributed by atoms with E-state index in [1.54, 1.807) is 24.3 Å². The van der Waals surface area contributed by atoms with Crippen LogP contribution in [-0.4, -0.2) is 18.5 Å². The molecule has 0 spiro atoms. The number of rotatable bonds is 5. The molecule has 0 saturated carbocycles. The van der Waals surface area contributed by atoms with Gasteiger partial charge in [-0.05, 0) is 36.2 Å². The van der Waals surface area contributed by atoms with E-state index in [-0.39, 0.29) is 11.9 Å². The predicted molar refractivity (Wildman–Crippen MR) is 87.9 cm³/mol. The van der Waals surface area contributed by atoms with Crippen molar-refractivity contribution in [1.29, 1.82) is 0 Å². The predicted octanol–water partition coefficient (Wildman–Crippen LogP) is 3.01. The zero-order valence-corrected chi connectivity index (χ0v) is 12.4. The van der Waals surface area contributed by atoms with Crippen molar-refractivity contribution < 1.29 is 9.59 Å². The molecular formula is C17H19N3O2. The average Bonchev–Trinajstić information content (AvgIpc) is 2.50. The maximum Gasteiger partial charge on any atom is 0.319 e. The van der Waals surface area contributed by atoms with Gasteiger partial charge in [-0.3, -0.25) is 4.79 Å². The lowest BCUT2D eigenvalue weighted by molar-refractivity contribution is -0.114. The van der Waals surface area contributed by atoms with Gasteiger partial charge in [0.05, 0.1) is 0 Å². The fraction of sp³-hybridized carbons (Fsp3) is 0.176. The van der Waals surface area contributed by atoms with E-state index in [0.717, 1.165) is 6.42 Å². The Hall–Kier alpha value is -2.82. The third kappa shape index (κ3) is 5.28. The highest BCUT2D eigenvalue weighted by atomic mass is 16.2. The lowest BCUT2D eigenvalue weighted by Crippen LogP contribution is -2.30. The van der Waals surface area contributed by atoms with Gasteiger partial charge in [-0.15, -0.1) is 0 Å².